The van der Waals surface area contributed by atoms with Gasteiger partial charge in [0.2, 0.25) is 5.91 Å². The lowest BCUT2D eigenvalue weighted by Crippen LogP contribution is -2.57. The summed E-state index contributed by atoms with van der Waals surface area (Å²) in [6, 6.07) is 31.7. The molecule has 8 atom stereocenters. The van der Waals surface area contributed by atoms with E-state index in [2.05, 4.69) is 128 Å². The maximum Gasteiger partial charge on any atom is 0.221 e. The summed E-state index contributed by atoms with van der Waals surface area (Å²) in [7, 11) is 0. The Morgan fingerprint density at radius 3 is 1.98 bits per heavy atom. The maximum absolute atomic E-state index is 14.3. The lowest BCUT2D eigenvalue weighted by Gasteiger charge is -2.61. The Kier molecular flexibility index (Phi) is 9.15. The number of carbonyl (C=O) groups is 2. The maximum atomic E-state index is 14.3. The van der Waals surface area contributed by atoms with Gasteiger partial charge in [-0.1, -0.05) is 117 Å². The van der Waals surface area contributed by atoms with Crippen molar-refractivity contribution in [2.24, 2.45) is 46.3 Å². The van der Waals surface area contributed by atoms with Crippen LogP contribution >= 0.6 is 0 Å². The molecule has 4 nitrogen and oxygen atoms in total. The van der Waals surface area contributed by atoms with Crippen LogP contribution in [0.15, 0.2) is 127 Å². The molecule has 4 aliphatic carbocycles. The van der Waals surface area contributed by atoms with Crippen LogP contribution in [-0.2, 0) is 15.0 Å². The average Bonchev–Trinajstić information content (AvgIpc) is 3.30. The van der Waals surface area contributed by atoms with Gasteiger partial charge in [-0.2, -0.15) is 0 Å². The van der Waals surface area contributed by atoms with E-state index in [9.17, 15) is 9.59 Å². The number of allylic oxidation sites excluding steroid dienone is 5. The van der Waals surface area contributed by atoms with E-state index < -0.39 is 5.41 Å². The van der Waals surface area contributed by atoms with Crippen molar-refractivity contribution in [1.82, 2.24) is 10.6 Å². The molecule has 4 fully saturated rings. The van der Waals surface area contributed by atoms with Gasteiger partial charge in [0.15, 0.2) is 0 Å². The molecule has 1 amide bonds. The zero-order valence-corrected chi connectivity index (χ0v) is 30.4. The number of hydrogen-bond acceptors (Lipinski definition) is 3. The molecular weight excluding hydrogens is 625 g/mol. The predicted molar refractivity (Wildman–Crippen MR) is 205 cm³/mol. The van der Waals surface area contributed by atoms with E-state index in [0.717, 1.165) is 41.8 Å². The molecular formula is C47H54N2O2. The number of nitrogens with one attached hydrogen (secondary N) is 2. The summed E-state index contributed by atoms with van der Waals surface area (Å²) in [4.78, 5) is 27.8. The third-order valence-corrected chi connectivity index (χ3v) is 14.7. The molecule has 51 heavy (non-hydrogen) atoms. The molecule has 0 bridgehead atoms. The van der Waals surface area contributed by atoms with E-state index in [-0.39, 0.29) is 22.7 Å². The van der Waals surface area contributed by atoms with Crippen molar-refractivity contribution < 1.29 is 9.59 Å². The highest BCUT2D eigenvalue weighted by molar-refractivity contribution is 5.85. The summed E-state index contributed by atoms with van der Waals surface area (Å²) in [5.74, 6) is 3.46. The number of rotatable bonds is 8. The number of hydrogen-bond donors (Lipinski definition) is 2. The summed E-state index contributed by atoms with van der Waals surface area (Å²) < 4.78 is 0. The molecule has 3 aromatic carbocycles. The van der Waals surface area contributed by atoms with Crippen molar-refractivity contribution in [1.29, 1.82) is 0 Å². The topological polar surface area (TPSA) is 58.2 Å². The van der Waals surface area contributed by atoms with Crippen LogP contribution in [0.4, 0.5) is 0 Å². The molecule has 0 radical (unpaired) electrons. The fourth-order valence-electron chi connectivity index (χ4n) is 12.2. The van der Waals surface area contributed by atoms with Gasteiger partial charge in [-0.05, 0) is 114 Å². The highest BCUT2D eigenvalue weighted by Gasteiger charge is 2.62. The van der Waals surface area contributed by atoms with Gasteiger partial charge in [-0.15, -0.1) is 0 Å². The van der Waals surface area contributed by atoms with Crippen molar-refractivity contribution >= 4 is 11.7 Å². The third-order valence-electron chi connectivity index (χ3n) is 14.7. The molecule has 0 spiro atoms. The molecule has 8 rings (SSSR count). The van der Waals surface area contributed by atoms with Gasteiger partial charge < -0.3 is 10.6 Å². The van der Waals surface area contributed by atoms with Crippen molar-refractivity contribution in [3.05, 3.63) is 144 Å². The number of amides is 1. The average molecular weight is 679 g/mol. The Balaban J connectivity index is 1.00. The van der Waals surface area contributed by atoms with Crippen molar-refractivity contribution in [2.75, 3.05) is 6.54 Å². The van der Waals surface area contributed by atoms with E-state index in [0.29, 0.717) is 48.2 Å². The summed E-state index contributed by atoms with van der Waals surface area (Å²) in [6.07, 6.45) is 19.6. The Hall–Kier alpha value is -4.18. The monoisotopic (exact) mass is 678 g/mol. The first-order valence-electron chi connectivity index (χ1n) is 19.6. The van der Waals surface area contributed by atoms with Gasteiger partial charge >= 0.3 is 0 Å². The number of ketones is 1. The molecule has 5 aliphatic rings. The minimum absolute atomic E-state index is 0.0215. The Morgan fingerprint density at radius 1 is 0.725 bits per heavy atom. The van der Waals surface area contributed by atoms with Gasteiger partial charge in [0, 0.05) is 31.3 Å². The van der Waals surface area contributed by atoms with Gasteiger partial charge in [-0.3, -0.25) is 9.59 Å². The number of fused-ring (bicyclic) bond motifs is 5. The van der Waals surface area contributed by atoms with E-state index >= 15 is 0 Å². The summed E-state index contributed by atoms with van der Waals surface area (Å²) in [6.45, 7) is 5.85. The van der Waals surface area contributed by atoms with E-state index in [1.807, 2.05) is 18.4 Å². The summed E-state index contributed by atoms with van der Waals surface area (Å²) in [5.41, 5.74) is 4.34. The van der Waals surface area contributed by atoms with Crippen molar-refractivity contribution in [2.45, 2.75) is 77.0 Å². The number of benzene rings is 3. The number of carbonyl (C=O) groups excluding carboxylic acids is 2. The number of Topliss-reactive ketones (excluding diaryl/α,β-unsaturated/α-hetero) is 1. The fraction of sp³-hybridized carbons (Fsp3) is 0.447. The molecule has 4 saturated carbocycles. The van der Waals surface area contributed by atoms with Gasteiger partial charge in [0.1, 0.15) is 5.78 Å². The molecule has 264 valence electrons. The molecule has 4 heteroatoms. The second-order valence-electron chi connectivity index (χ2n) is 16.8. The second kappa shape index (κ2) is 13.7. The van der Waals surface area contributed by atoms with Gasteiger partial charge in [-0.25, -0.2) is 0 Å². The molecule has 1 heterocycles. The molecule has 1 aliphatic heterocycles. The lowest BCUT2D eigenvalue weighted by molar-refractivity contribution is -0.148. The molecule has 2 N–H and O–H groups in total. The lowest BCUT2D eigenvalue weighted by atomic mass is 9.43. The van der Waals surface area contributed by atoms with E-state index in [1.165, 1.54) is 32.1 Å². The predicted octanol–water partition coefficient (Wildman–Crippen LogP) is 9.54. The van der Waals surface area contributed by atoms with Crippen molar-refractivity contribution in [3.8, 4) is 0 Å². The first kappa shape index (κ1) is 33.9. The largest absolute Gasteiger partial charge is 0.364 e. The SMILES string of the molecule is C[C@]12CCC(=O)C(C3=CC=CC=CN3)[C@@H]1CC[C@@H]1[C@@H]2CC[C@]2(C)C(CNC(=O)CC(c3ccccc3)(c3ccccc3)c3ccccc3)CC[C@@H]12. The highest BCUT2D eigenvalue weighted by atomic mass is 16.1. The van der Waals surface area contributed by atoms with Crippen LogP contribution in [-0.4, -0.2) is 18.2 Å². The van der Waals surface area contributed by atoms with Gasteiger partial charge in [0.25, 0.3) is 0 Å². The van der Waals surface area contributed by atoms with Crippen LogP contribution in [0.3, 0.4) is 0 Å². The molecule has 3 aromatic rings. The van der Waals surface area contributed by atoms with Crippen LogP contribution in [0, 0.1) is 46.3 Å². The highest BCUT2D eigenvalue weighted by Crippen LogP contribution is 2.68. The zero-order valence-electron chi connectivity index (χ0n) is 30.4. The Morgan fingerprint density at radius 2 is 1.33 bits per heavy atom. The second-order valence-corrected chi connectivity index (χ2v) is 16.8. The van der Waals surface area contributed by atoms with Crippen molar-refractivity contribution in [3.63, 3.8) is 0 Å². The molecule has 2 unspecified atom stereocenters. The minimum atomic E-state index is -0.587. The van der Waals surface area contributed by atoms with Crippen LogP contribution in [0.1, 0.15) is 88.3 Å². The fourth-order valence-corrected chi connectivity index (χ4v) is 12.2. The normalized spacial score (nSPS) is 32.8. The Labute approximate surface area is 304 Å². The van der Waals surface area contributed by atoms with Crippen LogP contribution < -0.4 is 10.6 Å². The van der Waals surface area contributed by atoms with Gasteiger partial charge in [0.05, 0.1) is 11.3 Å². The Bertz CT molecular complexity index is 1720. The first-order chi connectivity index (χ1) is 24.8. The third kappa shape index (κ3) is 5.83. The van der Waals surface area contributed by atoms with Crippen LogP contribution in [0.25, 0.3) is 0 Å². The summed E-state index contributed by atoms with van der Waals surface area (Å²) >= 11 is 0. The zero-order chi connectivity index (χ0) is 35.1. The van der Waals surface area contributed by atoms with Crippen LogP contribution in [0.2, 0.25) is 0 Å². The smallest absolute Gasteiger partial charge is 0.221 e. The summed E-state index contributed by atoms with van der Waals surface area (Å²) in [5, 5.41) is 7.00. The molecule has 0 saturated heterocycles. The minimum Gasteiger partial charge on any atom is -0.364 e. The van der Waals surface area contributed by atoms with E-state index in [4.69, 9.17) is 0 Å². The van der Waals surface area contributed by atoms with E-state index in [1.54, 1.807) is 0 Å². The standard InChI is InChI=1S/C47H54N2O2/c1-45-28-26-39-37(23-25-40-44(41-21-13-6-14-30-48-41)42(50)27-29-46(39,40)2)38(45)24-22-36(45)32-49-43(51)31-47(33-15-7-3-8-16-33,34-17-9-4-10-18-34)35-19-11-5-12-20-35/h3-21,30,36-40,44,48H,22-29,31-32H2,1-2H3,(H,49,51)/t36?,37-,38-,39-,40-,44?,45+,46+/m0/s1. The quantitative estimate of drug-likeness (QED) is 0.234. The molecule has 0 aromatic heterocycles. The first-order valence-corrected chi connectivity index (χ1v) is 19.6. The van der Waals surface area contributed by atoms with Crippen LogP contribution in [0.5, 0.6) is 0 Å².